The van der Waals surface area contributed by atoms with Crippen molar-refractivity contribution in [3.8, 4) is 11.5 Å². The molecular weight excluding hydrogens is 498 g/mol. The van der Waals surface area contributed by atoms with Crippen LogP contribution in [0.3, 0.4) is 0 Å². The Hall–Kier alpha value is -3.34. The minimum Gasteiger partial charge on any atom is -0.480 e. The molecule has 0 aromatic heterocycles. The van der Waals surface area contributed by atoms with Gasteiger partial charge < -0.3 is 34.5 Å². The van der Waals surface area contributed by atoms with E-state index in [9.17, 15) is 24.3 Å². The molecule has 4 unspecified atom stereocenters. The number of hydrogen-bond donors (Lipinski definition) is 2. The third-order valence-corrected chi connectivity index (χ3v) is 5.69. The molecule has 5 atom stereocenters. The Morgan fingerprint density at radius 2 is 1.34 bits per heavy atom. The summed E-state index contributed by atoms with van der Waals surface area (Å²) in [6.45, 7) is 10.6. The summed E-state index contributed by atoms with van der Waals surface area (Å²) in [4.78, 5) is 48.3. The zero-order valence-electron chi connectivity index (χ0n) is 23.1. The van der Waals surface area contributed by atoms with E-state index in [4.69, 9.17) is 29.4 Å². The average molecular weight is 540 g/mol. The highest BCUT2D eigenvalue weighted by Gasteiger charge is 2.30. The van der Waals surface area contributed by atoms with E-state index in [2.05, 4.69) is 0 Å². The molecule has 1 aromatic carbocycles. The predicted octanol–water partition coefficient (Wildman–Crippen LogP) is 5.32. The fraction of sp³-hybridized carbons (Fsp3) is 0.630. The molecule has 1 aromatic rings. The molecule has 0 radical (unpaired) electrons. The second-order valence-electron chi connectivity index (χ2n) is 9.20. The predicted molar refractivity (Wildman–Crippen MR) is 138 cm³/mol. The Kier molecular flexibility index (Phi) is 14.2. The first-order chi connectivity index (χ1) is 17.9. The zero-order valence-corrected chi connectivity index (χ0v) is 23.1. The third kappa shape index (κ3) is 11.4. The molecule has 214 valence electrons. The van der Waals surface area contributed by atoms with E-state index in [1.165, 1.54) is 18.2 Å². The van der Waals surface area contributed by atoms with E-state index in [1.807, 2.05) is 13.8 Å². The van der Waals surface area contributed by atoms with Gasteiger partial charge in [-0.2, -0.15) is 0 Å². The highest BCUT2D eigenvalue weighted by Crippen LogP contribution is 2.35. The lowest BCUT2D eigenvalue weighted by Gasteiger charge is -2.25. The van der Waals surface area contributed by atoms with Crippen molar-refractivity contribution in [2.45, 2.75) is 110 Å². The van der Waals surface area contributed by atoms with E-state index < -0.39 is 48.4 Å². The van der Waals surface area contributed by atoms with Crippen LogP contribution in [0.15, 0.2) is 18.2 Å². The minimum absolute atomic E-state index is 0.0768. The van der Waals surface area contributed by atoms with Crippen LogP contribution in [-0.4, -0.2) is 53.7 Å². The lowest BCUT2D eigenvalue weighted by Crippen LogP contribution is -2.38. The van der Waals surface area contributed by atoms with Gasteiger partial charge in [0.1, 0.15) is 18.2 Å². The van der Waals surface area contributed by atoms with Gasteiger partial charge in [-0.1, -0.05) is 39.7 Å². The summed E-state index contributed by atoms with van der Waals surface area (Å²) < 4.78 is 26.4. The lowest BCUT2D eigenvalue weighted by atomic mass is 9.87. The Balaban J connectivity index is 3.34. The SMILES string of the molecule is CCCC(C)OC(=O)Oc1ccc(C(CC(C)OC(=O)CC)[C@H](N)C(=O)O)cc1OC(=O)OC(C)CCC. The molecule has 0 fully saturated rings. The van der Waals surface area contributed by atoms with Crippen LogP contribution in [-0.2, 0) is 23.8 Å². The molecule has 3 N–H and O–H groups in total. The van der Waals surface area contributed by atoms with Crippen LogP contribution in [0.5, 0.6) is 11.5 Å². The van der Waals surface area contributed by atoms with Crippen molar-refractivity contribution in [3.63, 3.8) is 0 Å². The lowest BCUT2D eigenvalue weighted by molar-refractivity contribution is -0.148. The van der Waals surface area contributed by atoms with Gasteiger partial charge in [-0.05, 0) is 57.7 Å². The van der Waals surface area contributed by atoms with Gasteiger partial charge in [-0.3, -0.25) is 9.59 Å². The molecule has 38 heavy (non-hydrogen) atoms. The summed E-state index contributed by atoms with van der Waals surface area (Å²) in [6, 6.07) is 2.83. The molecule has 0 saturated heterocycles. The fourth-order valence-corrected chi connectivity index (χ4v) is 3.78. The van der Waals surface area contributed by atoms with Crippen molar-refractivity contribution < 1.29 is 48.0 Å². The number of benzene rings is 1. The number of carbonyl (C=O) groups is 4. The van der Waals surface area contributed by atoms with Gasteiger partial charge >= 0.3 is 24.2 Å². The number of ether oxygens (including phenoxy) is 5. The first-order valence-corrected chi connectivity index (χ1v) is 13.0. The van der Waals surface area contributed by atoms with Crippen molar-refractivity contribution in [2.24, 2.45) is 5.73 Å². The summed E-state index contributed by atoms with van der Waals surface area (Å²) in [6.07, 6.45) is -0.384. The Morgan fingerprint density at radius 3 is 1.82 bits per heavy atom. The summed E-state index contributed by atoms with van der Waals surface area (Å²) in [7, 11) is 0. The first-order valence-electron chi connectivity index (χ1n) is 13.0. The van der Waals surface area contributed by atoms with Crippen LogP contribution >= 0.6 is 0 Å². The molecule has 1 rings (SSSR count). The number of carbonyl (C=O) groups excluding carboxylic acids is 3. The molecule has 0 spiro atoms. The van der Waals surface area contributed by atoms with Gasteiger partial charge in [0.25, 0.3) is 0 Å². The van der Waals surface area contributed by atoms with Crippen LogP contribution < -0.4 is 15.2 Å². The number of carboxylic acids is 1. The van der Waals surface area contributed by atoms with Crippen molar-refractivity contribution in [2.75, 3.05) is 0 Å². The largest absolute Gasteiger partial charge is 0.514 e. The monoisotopic (exact) mass is 539 g/mol. The second kappa shape index (κ2) is 16.5. The normalized spacial score (nSPS) is 14.8. The zero-order chi connectivity index (χ0) is 28.8. The molecule has 0 saturated carbocycles. The first kappa shape index (κ1) is 32.7. The van der Waals surface area contributed by atoms with Gasteiger partial charge in [0.05, 0.1) is 6.10 Å². The minimum atomic E-state index is -1.37. The molecule has 0 amide bonds. The molecule has 11 heteroatoms. The summed E-state index contributed by atoms with van der Waals surface area (Å²) in [5.41, 5.74) is 6.34. The smallest absolute Gasteiger partial charge is 0.480 e. The van der Waals surface area contributed by atoms with Crippen LogP contribution in [0.25, 0.3) is 0 Å². The third-order valence-electron chi connectivity index (χ3n) is 5.69. The Bertz CT molecular complexity index is 934. The number of nitrogens with two attached hydrogens (primary N) is 1. The van der Waals surface area contributed by atoms with E-state index in [1.54, 1.807) is 27.7 Å². The summed E-state index contributed by atoms with van der Waals surface area (Å²) >= 11 is 0. The van der Waals surface area contributed by atoms with E-state index in [-0.39, 0.29) is 30.4 Å². The van der Waals surface area contributed by atoms with Crippen LogP contribution in [0.2, 0.25) is 0 Å². The molecular formula is C27H41NO10. The van der Waals surface area contributed by atoms with Gasteiger partial charge in [-0.25, -0.2) is 9.59 Å². The maximum atomic E-state index is 12.5. The van der Waals surface area contributed by atoms with Crippen LogP contribution in [0.1, 0.15) is 91.5 Å². The molecule has 0 aliphatic carbocycles. The summed E-state index contributed by atoms with van der Waals surface area (Å²) in [5, 5.41) is 9.60. The number of aliphatic carboxylic acids is 1. The number of carboxylic acid groups (broad SMARTS) is 1. The highest BCUT2D eigenvalue weighted by molar-refractivity contribution is 5.75. The molecule has 0 heterocycles. The van der Waals surface area contributed by atoms with Crippen molar-refractivity contribution >= 4 is 24.2 Å². The Labute approximate surface area is 223 Å². The molecule has 11 nitrogen and oxygen atoms in total. The van der Waals surface area contributed by atoms with Gasteiger partial charge in [-0.15, -0.1) is 0 Å². The topological polar surface area (TPSA) is 161 Å². The summed E-state index contributed by atoms with van der Waals surface area (Å²) in [5.74, 6) is -2.86. The maximum absolute atomic E-state index is 12.5. The van der Waals surface area contributed by atoms with E-state index >= 15 is 0 Å². The number of hydrogen-bond acceptors (Lipinski definition) is 10. The van der Waals surface area contributed by atoms with Crippen molar-refractivity contribution in [1.29, 1.82) is 0 Å². The van der Waals surface area contributed by atoms with Crippen LogP contribution in [0.4, 0.5) is 9.59 Å². The molecule has 0 aliphatic heterocycles. The fourth-order valence-electron chi connectivity index (χ4n) is 3.78. The van der Waals surface area contributed by atoms with Gasteiger partial charge in [0.15, 0.2) is 11.5 Å². The van der Waals surface area contributed by atoms with Crippen molar-refractivity contribution in [3.05, 3.63) is 23.8 Å². The average Bonchev–Trinajstić information content (AvgIpc) is 2.83. The maximum Gasteiger partial charge on any atom is 0.514 e. The van der Waals surface area contributed by atoms with Crippen LogP contribution in [0, 0.1) is 0 Å². The van der Waals surface area contributed by atoms with Gasteiger partial charge in [0.2, 0.25) is 0 Å². The van der Waals surface area contributed by atoms with E-state index in [0.717, 1.165) is 12.8 Å². The molecule has 0 bridgehead atoms. The van der Waals surface area contributed by atoms with Gasteiger partial charge in [0, 0.05) is 12.3 Å². The number of rotatable bonds is 15. The molecule has 0 aliphatic rings. The van der Waals surface area contributed by atoms with E-state index in [0.29, 0.717) is 18.4 Å². The van der Waals surface area contributed by atoms with Crippen molar-refractivity contribution in [1.82, 2.24) is 0 Å². The quantitative estimate of drug-likeness (QED) is 0.168. The Morgan fingerprint density at radius 1 is 0.816 bits per heavy atom. The number of esters is 1. The standard InChI is InChI=1S/C27H41NO10/c1-7-10-16(4)35-26(32)37-21-13-12-19(15-22(21)38-27(33)36-17(5)11-8-2)20(24(28)25(30)31)14-18(6)34-23(29)9-3/h12-13,15-18,20,24H,7-11,14,28H2,1-6H3,(H,30,31)/t16?,17?,18?,20?,24-/m0/s1. The highest BCUT2D eigenvalue weighted by atomic mass is 16.7. The second-order valence-corrected chi connectivity index (χ2v) is 9.20.